The Bertz CT molecular complexity index is 831. The minimum absolute atomic E-state index is 0.461. The fraction of sp³-hybridized carbons (Fsp3) is 0.300. The molecule has 2 N–H and O–H groups in total. The number of anilines is 2. The molecule has 1 fully saturated rings. The van der Waals surface area contributed by atoms with Crippen LogP contribution < -0.4 is 10.6 Å². The van der Waals surface area contributed by atoms with E-state index in [1.54, 1.807) is 12.4 Å². The van der Waals surface area contributed by atoms with E-state index in [-0.39, 0.29) is 0 Å². The van der Waals surface area contributed by atoms with E-state index in [0.29, 0.717) is 18.5 Å². The van der Waals surface area contributed by atoms with Gasteiger partial charge in [-0.25, -0.2) is 4.98 Å². The third kappa shape index (κ3) is 4.14. The lowest BCUT2D eigenvalue weighted by atomic mass is 10.2. The van der Waals surface area contributed by atoms with E-state index in [1.807, 2.05) is 42.6 Å². The van der Waals surface area contributed by atoms with Crippen LogP contribution in [0, 0.1) is 0 Å². The van der Waals surface area contributed by atoms with E-state index in [9.17, 15) is 0 Å². The molecule has 3 aromatic rings. The average Bonchev–Trinajstić information content (AvgIpc) is 3.21. The smallest absolute Gasteiger partial charge is 0.225 e. The minimum atomic E-state index is 0.461. The van der Waals surface area contributed by atoms with Gasteiger partial charge in [-0.1, -0.05) is 18.9 Å². The molecule has 0 bridgehead atoms. The molecule has 0 amide bonds. The molecule has 0 atom stereocenters. The summed E-state index contributed by atoms with van der Waals surface area (Å²) in [6, 6.07) is 12.2. The van der Waals surface area contributed by atoms with E-state index in [2.05, 4.69) is 25.6 Å². The molecule has 4 rings (SSSR count). The summed E-state index contributed by atoms with van der Waals surface area (Å²) < 4.78 is 0. The summed E-state index contributed by atoms with van der Waals surface area (Å²) in [5.74, 6) is 1.45. The van der Waals surface area contributed by atoms with Gasteiger partial charge in [0, 0.05) is 36.3 Å². The van der Waals surface area contributed by atoms with Crippen LogP contribution in [0.25, 0.3) is 11.3 Å². The molecule has 0 spiro atoms. The van der Waals surface area contributed by atoms with Crippen LogP contribution in [0.5, 0.6) is 0 Å². The van der Waals surface area contributed by atoms with Gasteiger partial charge in [0.05, 0.1) is 17.9 Å². The number of nitrogens with zero attached hydrogens (tertiary/aromatic N) is 4. The average molecular weight is 346 g/mol. The van der Waals surface area contributed by atoms with Gasteiger partial charge in [0.25, 0.3) is 0 Å². The van der Waals surface area contributed by atoms with Gasteiger partial charge in [-0.2, -0.15) is 4.98 Å². The Morgan fingerprint density at radius 1 is 1.00 bits per heavy atom. The number of pyridine rings is 2. The van der Waals surface area contributed by atoms with Crippen molar-refractivity contribution < 1.29 is 0 Å². The minimum Gasteiger partial charge on any atom is -0.364 e. The predicted octanol–water partition coefficient (Wildman–Crippen LogP) is 3.90. The van der Waals surface area contributed by atoms with Crippen LogP contribution in [0.3, 0.4) is 0 Å². The van der Waals surface area contributed by atoms with Gasteiger partial charge in [-0.05, 0) is 37.1 Å². The second-order valence-electron chi connectivity index (χ2n) is 6.50. The first kappa shape index (κ1) is 16.4. The highest BCUT2D eigenvalue weighted by Crippen LogP contribution is 2.24. The third-order valence-corrected chi connectivity index (χ3v) is 4.55. The van der Waals surface area contributed by atoms with Crippen molar-refractivity contribution in [2.75, 3.05) is 10.6 Å². The van der Waals surface area contributed by atoms with Crippen molar-refractivity contribution in [3.8, 4) is 11.3 Å². The van der Waals surface area contributed by atoms with Gasteiger partial charge in [0.2, 0.25) is 5.95 Å². The van der Waals surface area contributed by atoms with Gasteiger partial charge < -0.3 is 10.6 Å². The summed E-state index contributed by atoms with van der Waals surface area (Å²) in [6.45, 7) is 0.618. The summed E-state index contributed by atoms with van der Waals surface area (Å²) in [6.07, 6.45) is 10.3. The van der Waals surface area contributed by atoms with Crippen molar-refractivity contribution in [2.45, 2.75) is 38.3 Å². The van der Waals surface area contributed by atoms with Gasteiger partial charge in [-0.15, -0.1) is 0 Å². The van der Waals surface area contributed by atoms with Crippen molar-refractivity contribution in [3.63, 3.8) is 0 Å². The van der Waals surface area contributed by atoms with E-state index in [4.69, 9.17) is 4.98 Å². The van der Waals surface area contributed by atoms with Crippen molar-refractivity contribution in [2.24, 2.45) is 0 Å². The van der Waals surface area contributed by atoms with E-state index >= 15 is 0 Å². The molecule has 1 aliphatic carbocycles. The molecule has 132 valence electrons. The van der Waals surface area contributed by atoms with Crippen molar-refractivity contribution in [3.05, 3.63) is 60.7 Å². The Morgan fingerprint density at radius 2 is 1.92 bits per heavy atom. The summed E-state index contributed by atoms with van der Waals surface area (Å²) in [7, 11) is 0. The van der Waals surface area contributed by atoms with Gasteiger partial charge >= 0.3 is 0 Å². The maximum absolute atomic E-state index is 4.70. The molecule has 0 saturated heterocycles. The molecule has 6 nitrogen and oxygen atoms in total. The Labute approximate surface area is 153 Å². The molecule has 1 aliphatic rings. The first-order valence-electron chi connectivity index (χ1n) is 9.06. The van der Waals surface area contributed by atoms with Crippen LogP contribution >= 0.6 is 0 Å². The summed E-state index contributed by atoms with van der Waals surface area (Å²) in [5.41, 5.74) is 2.81. The van der Waals surface area contributed by atoms with Crippen molar-refractivity contribution >= 4 is 11.8 Å². The van der Waals surface area contributed by atoms with E-state index < -0.39 is 0 Å². The molecule has 1 saturated carbocycles. The SMILES string of the molecule is c1ccc(CNc2cc(-c3cccnc3)nc(NC3CCCC3)n2)nc1. The molecule has 0 aliphatic heterocycles. The monoisotopic (exact) mass is 346 g/mol. The van der Waals surface area contributed by atoms with Crippen molar-refractivity contribution in [1.29, 1.82) is 0 Å². The van der Waals surface area contributed by atoms with Gasteiger partial charge in [0.15, 0.2) is 0 Å². The number of hydrogen-bond acceptors (Lipinski definition) is 6. The summed E-state index contributed by atoms with van der Waals surface area (Å²) >= 11 is 0. The summed E-state index contributed by atoms with van der Waals surface area (Å²) in [5, 5.41) is 6.85. The first-order chi connectivity index (χ1) is 12.9. The lowest BCUT2D eigenvalue weighted by Gasteiger charge is -2.15. The zero-order chi connectivity index (χ0) is 17.6. The second kappa shape index (κ2) is 7.91. The standard InChI is InChI=1S/C20H22N6/c1-2-8-16(7-1)24-20-25-18(15-6-5-10-21-13-15)12-19(26-20)23-14-17-9-3-4-11-22-17/h3-6,9-13,16H,1-2,7-8,14H2,(H2,23,24,25,26). The fourth-order valence-corrected chi connectivity index (χ4v) is 3.20. The predicted molar refractivity (Wildman–Crippen MR) is 103 cm³/mol. The fourth-order valence-electron chi connectivity index (χ4n) is 3.20. The Kier molecular flexibility index (Phi) is 5.00. The molecule has 26 heavy (non-hydrogen) atoms. The van der Waals surface area contributed by atoms with Crippen LogP contribution in [-0.4, -0.2) is 26.0 Å². The van der Waals surface area contributed by atoms with E-state index in [0.717, 1.165) is 22.8 Å². The Balaban J connectivity index is 1.58. The Hall–Kier alpha value is -3.02. The quantitative estimate of drug-likeness (QED) is 0.705. The number of rotatable bonds is 6. The lowest BCUT2D eigenvalue weighted by Crippen LogP contribution is -2.17. The highest BCUT2D eigenvalue weighted by molar-refractivity contribution is 5.63. The van der Waals surface area contributed by atoms with Crippen molar-refractivity contribution in [1.82, 2.24) is 19.9 Å². The van der Waals surface area contributed by atoms with Crippen LogP contribution in [0.2, 0.25) is 0 Å². The highest BCUT2D eigenvalue weighted by atomic mass is 15.2. The topological polar surface area (TPSA) is 75.6 Å². The van der Waals surface area contributed by atoms with Crippen LogP contribution in [0.1, 0.15) is 31.4 Å². The lowest BCUT2D eigenvalue weighted by molar-refractivity contribution is 0.744. The molecule has 3 heterocycles. The normalized spacial score (nSPS) is 14.3. The zero-order valence-electron chi connectivity index (χ0n) is 14.6. The van der Waals surface area contributed by atoms with Crippen LogP contribution in [0.4, 0.5) is 11.8 Å². The van der Waals surface area contributed by atoms with Crippen LogP contribution in [-0.2, 0) is 6.54 Å². The number of hydrogen-bond donors (Lipinski definition) is 2. The van der Waals surface area contributed by atoms with Crippen LogP contribution in [0.15, 0.2) is 55.0 Å². The van der Waals surface area contributed by atoms with Gasteiger partial charge in [-0.3, -0.25) is 9.97 Å². The summed E-state index contributed by atoms with van der Waals surface area (Å²) in [4.78, 5) is 17.9. The Morgan fingerprint density at radius 3 is 2.69 bits per heavy atom. The zero-order valence-corrected chi connectivity index (χ0v) is 14.6. The van der Waals surface area contributed by atoms with E-state index in [1.165, 1.54) is 25.7 Å². The molecule has 3 aromatic heterocycles. The molecular weight excluding hydrogens is 324 g/mol. The maximum Gasteiger partial charge on any atom is 0.225 e. The highest BCUT2D eigenvalue weighted by Gasteiger charge is 2.16. The maximum atomic E-state index is 4.70. The number of aromatic nitrogens is 4. The third-order valence-electron chi connectivity index (χ3n) is 4.55. The molecular formula is C20H22N6. The second-order valence-corrected chi connectivity index (χ2v) is 6.50. The first-order valence-corrected chi connectivity index (χ1v) is 9.06. The molecule has 0 radical (unpaired) electrons. The number of nitrogens with one attached hydrogen (secondary N) is 2. The van der Waals surface area contributed by atoms with Gasteiger partial charge in [0.1, 0.15) is 5.82 Å². The molecule has 0 unspecified atom stereocenters. The largest absolute Gasteiger partial charge is 0.364 e. The molecule has 0 aromatic carbocycles. The molecule has 6 heteroatoms.